The molecule has 0 fully saturated rings. The van der Waals surface area contributed by atoms with E-state index in [4.69, 9.17) is 16.3 Å². The molecule has 0 spiro atoms. The van der Waals surface area contributed by atoms with E-state index in [1.807, 2.05) is 24.3 Å². The smallest absolute Gasteiger partial charge is 0.176 e. The molecule has 27 heavy (non-hydrogen) atoms. The second-order valence-corrected chi connectivity index (χ2v) is 6.57. The summed E-state index contributed by atoms with van der Waals surface area (Å²) in [7, 11) is 1.39. The molecule has 0 heterocycles. The van der Waals surface area contributed by atoms with Gasteiger partial charge in [-0.1, -0.05) is 43.6 Å². The Morgan fingerprint density at radius 2 is 1.93 bits per heavy atom. The predicted molar refractivity (Wildman–Crippen MR) is 107 cm³/mol. The molecular formula is C21H26ClFN2O2. The molecule has 0 aliphatic carbocycles. The van der Waals surface area contributed by atoms with Gasteiger partial charge in [-0.2, -0.15) is 0 Å². The summed E-state index contributed by atoms with van der Waals surface area (Å²) in [4.78, 5) is 14.7. The highest BCUT2D eigenvalue weighted by molar-refractivity contribution is 6.31. The van der Waals surface area contributed by atoms with E-state index in [9.17, 15) is 9.18 Å². The van der Waals surface area contributed by atoms with Gasteiger partial charge < -0.3 is 10.1 Å². The SMILES string of the molecule is CCN(CC)C(CNCC(=O)c1ccc(OC)c(F)c1)c1ccccc1Cl. The number of nitrogens with zero attached hydrogens (tertiary/aromatic N) is 1. The topological polar surface area (TPSA) is 41.6 Å². The van der Waals surface area contributed by atoms with E-state index in [1.165, 1.54) is 19.2 Å². The van der Waals surface area contributed by atoms with Crippen molar-refractivity contribution in [2.75, 3.05) is 33.3 Å². The fraction of sp³-hybridized carbons (Fsp3) is 0.381. The highest BCUT2D eigenvalue weighted by Crippen LogP contribution is 2.27. The highest BCUT2D eigenvalue weighted by atomic mass is 35.5. The van der Waals surface area contributed by atoms with Crippen LogP contribution in [-0.2, 0) is 0 Å². The summed E-state index contributed by atoms with van der Waals surface area (Å²) in [6.07, 6.45) is 0. The Bertz CT molecular complexity index is 766. The average Bonchev–Trinajstić information content (AvgIpc) is 2.68. The molecule has 0 aliphatic rings. The summed E-state index contributed by atoms with van der Waals surface area (Å²) in [5.74, 6) is -0.589. The second-order valence-electron chi connectivity index (χ2n) is 6.16. The van der Waals surface area contributed by atoms with Gasteiger partial charge in [0.05, 0.1) is 13.7 Å². The Labute approximate surface area is 165 Å². The molecule has 0 saturated carbocycles. The van der Waals surface area contributed by atoms with Gasteiger partial charge in [0.2, 0.25) is 0 Å². The first-order valence-corrected chi connectivity index (χ1v) is 9.45. The molecular weight excluding hydrogens is 367 g/mol. The van der Waals surface area contributed by atoms with Gasteiger partial charge in [-0.05, 0) is 42.9 Å². The molecule has 0 saturated heterocycles. The van der Waals surface area contributed by atoms with Crippen LogP contribution in [0.4, 0.5) is 4.39 Å². The molecule has 0 amide bonds. The fourth-order valence-corrected chi connectivity index (χ4v) is 3.37. The summed E-state index contributed by atoms with van der Waals surface area (Å²) >= 11 is 6.39. The van der Waals surface area contributed by atoms with Crippen LogP contribution in [0.3, 0.4) is 0 Å². The Balaban J connectivity index is 2.05. The maximum absolute atomic E-state index is 13.8. The number of hydrogen-bond acceptors (Lipinski definition) is 4. The maximum atomic E-state index is 13.8. The molecule has 1 atom stereocenters. The molecule has 0 bridgehead atoms. The van der Waals surface area contributed by atoms with Gasteiger partial charge in [0.15, 0.2) is 17.3 Å². The normalized spacial score (nSPS) is 12.2. The number of ketones is 1. The van der Waals surface area contributed by atoms with Gasteiger partial charge in [-0.25, -0.2) is 4.39 Å². The summed E-state index contributed by atoms with van der Waals surface area (Å²) in [6, 6.07) is 12.0. The molecule has 1 N–H and O–H groups in total. The number of nitrogens with one attached hydrogen (secondary N) is 1. The molecule has 0 aromatic heterocycles. The number of hydrogen-bond donors (Lipinski definition) is 1. The summed E-state index contributed by atoms with van der Waals surface area (Å²) < 4.78 is 18.7. The molecule has 0 aliphatic heterocycles. The number of rotatable bonds is 10. The third-order valence-electron chi connectivity index (χ3n) is 4.61. The van der Waals surface area contributed by atoms with Crippen molar-refractivity contribution in [2.24, 2.45) is 0 Å². The van der Waals surface area contributed by atoms with Gasteiger partial charge in [0, 0.05) is 23.2 Å². The van der Waals surface area contributed by atoms with E-state index in [1.54, 1.807) is 6.07 Å². The first-order chi connectivity index (χ1) is 13.0. The van der Waals surface area contributed by atoms with Crippen LogP contribution in [0.2, 0.25) is 5.02 Å². The Morgan fingerprint density at radius 1 is 1.22 bits per heavy atom. The van der Waals surface area contributed by atoms with Crippen molar-refractivity contribution in [3.8, 4) is 5.75 Å². The van der Waals surface area contributed by atoms with E-state index < -0.39 is 5.82 Å². The van der Waals surface area contributed by atoms with E-state index in [0.717, 1.165) is 18.7 Å². The minimum atomic E-state index is -0.541. The number of benzene rings is 2. The van der Waals surface area contributed by atoms with Gasteiger partial charge >= 0.3 is 0 Å². The van der Waals surface area contributed by atoms with E-state index in [-0.39, 0.29) is 24.1 Å². The summed E-state index contributed by atoms with van der Waals surface area (Å²) in [5.41, 5.74) is 1.34. The summed E-state index contributed by atoms with van der Waals surface area (Å²) in [6.45, 7) is 6.61. The van der Waals surface area contributed by atoms with Crippen molar-refractivity contribution < 1.29 is 13.9 Å². The first-order valence-electron chi connectivity index (χ1n) is 9.07. The van der Waals surface area contributed by atoms with E-state index in [2.05, 4.69) is 24.1 Å². The van der Waals surface area contributed by atoms with Crippen molar-refractivity contribution in [1.29, 1.82) is 0 Å². The van der Waals surface area contributed by atoms with Gasteiger partial charge in [-0.15, -0.1) is 0 Å². The van der Waals surface area contributed by atoms with Crippen LogP contribution < -0.4 is 10.1 Å². The van der Waals surface area contributed by atoms with Gasteiger partial charge in [-0.3, -0.25) is 9.69 Å². The number of methoxy groups -OCH3 is 1. The predicted octanol–water partition coefficient (Wildman–Crippen LogP) is 4.34. The van der Waals surface area contributed by atoms with Crippen LogP contribution >= 0.6 is 11.6 Å². The van der Waals surface area contributed by atoms with Crippen LogP contribution in [0.5, 0.6) is 5.75 Å². The zero-order valence-electron chi connectivity index (χ0n) is 16.0. The zero-order valence-corrected chi connectivity index (χ0v) is 16.7. The molecule has 2 rings (SSSR count). The maximum Gasteiger partial charge on any atom is 0.176 e. The molecule has 4 nitrogen and oxygen atoms in total. The number of carbonyl (C=O) groups is 1. The lowest BCUT2D eigenvalue weighted by Crippen LogP contribution is -2.37. The minimum absolute atomic E-state index is 0.0501. The van der Waals surface area contributed by atoms with Gasteiger partial charge in [0.1, 0.15) is 0 Å². The van der Waals surface area contributed by atoms with Crippen LogP contribution in [0.15, 0.2) is 42.5 Å². The van der Waals surface area contributed by atoms with Crippen LogP contribution in [-0.4, -0.2) is 44.0 Å². The van der Waals surface area contributed by atoms with Crippen molar-refractivity contribution in [1.82, 2.24) is 10.2 Å². The minimum Gasteiger partial charge on any atom is -0.494 e. The number of ether oxygens (including phenoxy) is 1. The molecule has 0 radical (unpaired) electrons. The zero-order chi connectivity index (χ0) is 19.8. The molecule has 1 unspecified atom stereocenters. The number of halogens is 2. The van der Waals surface area contributed by atoms with Crippen molar-refractivity contribution in [2.45, 2.75) is 19.9 Å². The molecule has 146 valence electrons. The summed E-state index contributed by atoms with van der Waals surface area (Å²) in [5, 5.41) is 3.91. The first kappa shape index (κ1) is 21.4. The molecule has 2 aromatic rings. The lowest BCUT2D eigenvalue weighted by atomic mass is 10.0. The average molecular weight is 393 g/mol. The van der Waals surface area contributed by atoms with Gasteiger partial charge in [0.25, 0.3) is 0 Å². The van der Waals surface area contributed by atoms with E-state index >= 15 is 0 Å². The van der Waals surface area contributed by atoms with Crippen LogP contribution in [0, 0.1) is 5.82 Å². The lowest BCUT2D eigenvalue weighted by Gasteiger charge is -2.31. The number of carbonyl (C=O) groups excluding carboxylic acids is 1. The largest absolute Gasteiger partial charge is 0.494 e. The quantitative estimate of drug-likeness (QED) is 0.610. The fourth-order valence-electron chi connectivity index (χ4n) is 3.11. The van der Waals surface area contributed by atoms with Crippen molar-refractivity contribution in [3.05, 3.63) is 64.4 Å². The third-order valence-corrected chi connectivity index (χ3v) is 4.96. The second kappa shape index (κ2) is 10.4. The molecule has 6 heteroatoms. The van der Waals surface area contributed by atoms with E-state index in [0.29, 0.717) is 17.1 Å². The number of likely N-dealkylation sites (N-methyl/N-ethyl adjacent to an activating group) is 1. The highest BCUT2D eigenvalue weighted by Gasteiger charge is 2.20. The monoisotopic (exact) mass is 392 g/mol. The van der Waals surface area contributed by atoms with Crippen molar-refractivity contribution >= 4 is 17.4 Å². The van der Waals surface area contributed by atoms with Crippen LogP contribution in [0.25, 0.3) is 0 Å². The Hall–Kier alpha value is -1.95. The standard InChI is InChI=1S/C21H26ClFN2O2/c1-4-25(5-2)19(16-8-6-7-9-17(16)22)13-24-14-20(26)15-10-11-21(27-3)18(23)12-15/h6-12,19,24H,4-5,13-14H2,1-3H3. The van der Waals surface area contributed by atoms with Crippen LogP contribution in [0.1, 0.15) is 35.8 Å². The Morgan fingerprint density at radius 3 is 2.52 bits per heavy atom. The molecule has 2 aromatic carbocycles. The third kappa shape index (κ3) is 5.51. The van der Waals surface area contributed by atoms with Crippen molar-refractivity contribution in [3.63, 3.8) is 0 Å². The lowest BCUT2D eigenvalue weighted by molar-refractivity contribution is 0.0986. The Kier molecular flexibility index (Phi) is 8.23. The number of Topliss-reactive ketones (excluding diaryl/α,β-unsaturated/α-hetero) is 1.